The van der Waals surface area contributed by atoms with Gasteiger partial charge in [0.15, 0.2) is 5.78 Å². The first-order valence-electron chi connectivity index (χ1n) is 6.84. The van der Waals surface area contributed by atoms with E-state index in [1.807, 2.05) is 30.5 Å². The number of hydrogen-bond donors (Lipinski definition) is 0. The summed E-state index contributed by atoms with van der Waals surface area (Å²) in [4.78, 5) is 22.8. The normalized spacial score (nSPS) is 13.4. The first-order valence-corrected chi connectivity index (χ1v) is 7.66. The highest BCUT2D eigenvalue weighted by molar-refractivity contribution is 7.19. The molecule has 0 spiro atoms. The molecule has 0 aliphatic heterocycles. The van der Waals surface area contributed by atoms with Gasteiger partial charge >= 0.3 is 0 Å². The number of fused-ring (bicyclic) bond motifs is 1. The molecule has 3 aromatic heterocycles. The van der Waals surface area contributed by atoms with Gasteiger partial charge in [-0.1, -0.05) is 6.07 Å². The fraction of sp³-hybridized carbons (Fsp3) is 0.118. The lowest BCUT2D eigenvalue weighted by atomic mass is 10.1. The Morgan fingerprint density at radius 1 is 0.905 bits per heavy atom. The Labute approximate surface area is 126 Å². The molecule has 0 bridgehead atoms. The molecule has 0 unspecified atom stereocenters. The average molecular weight is 292 g/mol. The largest absolute Gasteiger partial charge is 0.294 e. The zero-order valence-electron chi connectivity index (χ0n) is 11.2. The number of pyridine rings is 2. The molecule has 3 nitrogen and oxygen atoms in total. The highest BCUT2D eigenvalue weighted by atomic mass is 32.1. The lowest BCUT2D eigenvalue weighted by molar-refractivity contribution is 0.0995. The Bertz CT molecular complexity index is 810. The lowest BCUT2D eigenvalue weighted by Gasteiger charge is -1.99. The minimum absolute atomic E-state index is 0.250. The summed E-state index contributed by atoms with van der Waals surface area (Å²) in [5.74, 6) is 0.250. The van der Waals surface area contributed by atoms with Gasteiger partial charge in [-0.2, -0.15) is 0 Å². The van der Waals surface area contributed by atoms with E-state index in [1.54, 1.807) is 29.9 Å². The van der Waals surface area contributed by atoms with Crippen molar-refractivity contribution < 1.29 is 4.79 Å². The Hall–Kier alpha value is -2.33. The van der Waals surface area contributed by atoms with Crippen LogP contribution in [0.2, 0.25) is 0 Å². The van der Waals surface area contributed by atoms with E-state index in [9.17, 15) is 4.79 Å². The Balaban J connectivity index is 1.96. The molecule has 4 rings (SSSR count). The molecule has 0 N–H and O–H groups in total. The van der Waals surface area contributed by atoms with Gasteiger partial charge in [0.1, 0.15) is 0 Å². The lowest BCUT2D eigenvalue weighted by Crippen LogP contribution is -1.91. The number of nitrogens with zero attached hydrogens (tertiary/aromatic N) is 2. The van der Waals surface area contributed by atoms with E-state index < -0.39 is 0 Å². The van der Waals surface area contributed by atoms with Crippen molar-refractivity contribution in [2.75, 3.05) is 0 Å². The highest BCUT2D eigenvalue weighted by Gasteiger charge is 2.29. The van der Waals surface area contributed by atoms with Crippen LogP contribution < -0.4 is 0 Å². The molecule has 21 heavy (non-hydrogen) atoms. The second-order valence-electron chi connectivity index (χ2n) is 5.01. The van der Waals surface area contributed by atoms with Gasteiger partial charge in [-0.15, -0.1) is 11.3 Å². The number of thiophene rings is 1. The topological polar surface area (TPSA) is 42.9 Å². The summed E-state index contributed by atoms with van der Waals surface area (Å²) in [7, 11) is 0. The zero-order valence-corrected chi connectivity index (χ0v) is 12.1. The van der Waals surface area contributed by atoms with Crippen LogP contribution in [0.3, 0.4) is 0 Å². The summed E-state index contributed by atoms with van der Waals surface area (Å²) in [5.41, 5.74) is 4.25. The molecule has 0 radical (unpaired) electrons. The van der Waals surface area contributed by atoms with Gasteiger partial charge in [0, 0.05) is 52.1 Å². The minimum atomic E-state index is 0.250. The fourth-order valence-corrected chi connectivity index (χ4v) is 4.16. The summed E-state index contributed by atoms with van der Waals surface area (Å²) in [6, 6.07) is 7.93. The van der Waals surface area contributed by atoms with Crippen molar-refractivity contribution in [1.29, 1.82) is 0 Å². The predicted octanol–water partition coefficient (Wildman–Crippen LogP) is 4.00. The van der Waals surface area contributed by atoms with Gasteiger partial charge in [0.25, 0.3) is 0 Å². The van der Waals surface area contributed by atoms with E-state index in [2.05, 4.69) is 9.97 Å². The molecule has 102 valence electrons. The molecule has 0 amide bonds. The van der Waals surface area contributed by atoms with Crippen molar-refractivity contribution >= 4 is 17.1 Å². The maximum atomic E-state index is 12.3. The fourth-order valence-electron chi connectivity index (χ4n) is 2.80. The van der Waals surface area contributed by atoms with E-state index >= 15 is 0 Å². The average Bonchev–Trinajstić information content (AvgIpc) is 3.10. The van der Waals surface area contributed by atoms with Crippen molar-refractivity contribution in [1.82, 2.24) is 9.97 Å². The number of carbonyl (C=O) groups is 1. The van der Waals surface area contributed by atoms with E-state index in [-0.39, 0.29) is 5.78 Å². The van der Waals surface area contributed by atoms with Crippen LogP contribution >= 0.6 is 11.3 Å². The standard InChI is InChI=1S/C17H12N2OS/c20-14-4-3-13-15(14)17(12-2-1-7-19-10-12)21-16(13)11-5-8-18-9-6-11/h1-2,5-10H,3-4H2. The van der Waals surface area contributed by atoms with Gasteiger partial charge in [0.2, 0.25) is 0 Å². The van der Waals surface area contributed by atoms with Crippen LogP contribution in [0.1, 0.15) is 22.3 Å². The molecule has 1 aliphatic carbocycles. The third-order valence-corrected chi connectivity index (χ3v) is 5.08. The van der Waals surface area contributed by atoms with E-state index in [0.29, 0.717) is 6.42 Å². The molecule has 0 saturated heterocycles. The number of carbonyl (C=O) groups excluding carboxylic acids is 1. The Morgan fingerprint density at radius 2 is 1.76 bits per heavy atom. The monoisotopic (exact) mass is 292 g/mol. The summed E-state index contributed by atoms with van der Waals surface area (Å²) in [6.07, 6.45) is 8.62. The summed E-state index contributed by atoms with van der Waals surface area (Å²) < 4.78 is 0. The van der Waals surface area contributed by atoms with Crippen LogP contribution in [-0.2, 0) is 6.42 Å². The number of aromatic nitrogens is 2. The van der Waals surface area contributed by atoms with Crippen molar-refractivity contribution in [2.45, 2.75) is 12.8 Å². The van der Waals surface area contributed by atoms with E-state index in [4.69, 9.17) is 0 Å². The van der Waals surface area contributed by atoms with Gasteiger partial charge in [0.05, 0.1) is 0 Å². The van der Waals surface area contributed by atoms with Crippen LogP contribution in [0.5, 0.6) is 0 Å². The molecule has 0 aromatic carbocycles. The smallest absolute Gasteiger partial charge is 0.164 e. The van der Waals surface area contributed by atoms with Crippen LogP contribution in [0.15, 0.2) is 49.1 Å². The van der Waals surface area contributed by atoms with Gasteiger partial charge in [-0.25, -0.2) is 0 Å². The first-order chi connectivity index (χ1) is 10.3. The van der Waals surface area contributed by atoms with Crippen LogP contribution in [0.25, 0.3) is 20.9 Å². The minimum Gasteiger partial charge on any atom is -0.294 e. The SMILES string of the molecule is O=C1CCc2c(-c3ccncc3)sc(-c3cccnc3)c21. The molecule has 3 aromatic rings. The predicted molar refractivity (Wildman–Crippen MR) is 83.4 cm³/mol. The zero-order chi connectivity index (χ0) is 14.2. The van der Waals surface area contributed by atoms with Gasteiger partial charge in [-0.05, 0) is 35.7 Å². The second-order valence-corrected chi connectivity index (χ2v) is 6.04. The van der Waals surface area contributed by atoms with Crippen molar-refractivity contribution in [2.24, 2.45) is 0 Å². The van der Waals surface area contributed by atoms with Crippen LogP contribution in [0, 0.1) is 0 Å². The van der Waals surface area contributed by atoms with E-state index in [0.717, 1.165) is 28.0 Å². The van der Waals surface area contributed by atoms with Crippen molar-refractivity contribution in [3.05, 3.63) is 60.2 Å². The molecule has 0 atom stereocenters. The maximum Gasteiger partial charge on any atom is 0.164 e. The van der Waals surface area contributed by atoms with Gasteiger partial charge in [-0.3, -0.25) is 14.8 Å². The summed E-state index contributed by atoms with van der Waals surface area (Å²) in [6.45, 7) is 0. The molecule has 1 aliphatic rings. The second kappa shape index (κ2) is 4.90. The van der Waals surface area contributed by atoms with Crippen molar-refractivity contribution in [3.8, 4) is 20.9 Å². The third kappa shape index (κ3) is 1.99. The molecule has 3 heterocycles. The molecular weight excluding hydrogens is 280 g/mol. The highest BCUT2D eigenvalue weighted by Crippen LogP contribution is 2.45. The van der Waals surface area contributed by atoms with Crippen LogP contribution in [0.4, 0.5) is 0 Å². The Morgan fingerprint density at radius 3 is 2.52 bits per heavy atom. The number of rotatable bonds is 2. The maximum absolute atomic E-state index is 12.3. The molecule has 0 saturated carbocycles. The number of Topliss-reactive ketones (excluding diaryl/α,β-unsaturated/α-hetero) is 1. The third-order valence-electron chi connectivity index (χ3n) is 3.75. The van der Waals surface area contributed by atoms with Crippen LogP contribution in [-0.4, -0.2) is 15.8 Å². The first kappa shape index (κ1) is 12.4. The quantitative estimate of drug-likeness (QED) is 0.717. The molecular formula is C17H12N2OS. The van der Waals surface area contributed by atoms with E-state index in [1.165, 1.54) is 10.4 Å². The number of hydrogen-bond acceptors (Lipinski definition) is 4. The summed E-state index contributed by atoms with van der Waals surface area (Å²) in [5, 5.41) is 0. The Kier molecular flexibility index (Phi) is 2.89. The van der Waals surface area contributed by atoms with Crippen molar-refractivity contribution in [3.63, 3.8) is 0 Å². The number of ketones is 1. The molecule has 4 heteroatoms. The molecule has 0 fully saturated rings. The summed E-state index contributed by atoms with van der Waals surface area (Å²) >= 11 is 1.68. The van der Waals surface area contributed by atoms with Gasteiger partial charge < -0.3 is 0 Å².